The van der Waals surface area contributed by atoms with Crippen molar-refractivity contribution in [2.24, 2.45) is 0 Å². The summed E-state index contributed by atoms with van der Waals surface area (Å²) in [4.78, 5) is 15.9. The molecule has 0 unspecified atom stereocenters. The minimum absolute atomic E-state index is 0.597. The summed E-state index contributed by atoms with van der Waals surface area (Å²) in [5.74, 6) is 1.82. The van der Waals surface area contributed by atoms with Crippen LogP contribution in [0.25, 0.3) is 101 Å². The van der Waals surface area contributed by atoms with Crippen LogP contribution in [0.1, 0.15) is 0 Å². The molecule has 0 radical (unpaired) electrons. The van der Waals surface area contributed by atoms with Crippen LogP contribution in [0.3, 0.4) is 0 Å². The summed E-state index contributed by atoms with van der Waals surface area (Å²) in [5, 5.41) is 2.18. The summed E-state index contributed by atoms with van der Waals surface area (Å²) in [6.07, 6.45) is 0. The number of hydrogen-bond donors (Lipinski definition) is 0. The van der Waals surface area contributed by atoms with Gasteiger partial charge in [-0.25, -0.2) is 15.0 Å². The lowest BCUT2D eigenvalue weighted by molar-refractivity contribution is 0.669. The minimum atomic E-state index is 0.597. The van der Waals surface area contributed by atoms with Gasteiger partial charge >= 0.3 is 0 Å². The normalized spacial score (nSPS) is 11.3. The van der Waals surface area contributed by atoms with Gasteiger partial charge in [0.15, 0.2) is 17.5 Å². The number of rotatable bonds is 7. The monoisotopic (exact) mass is 703 g/mol. The number of para-hydroxylation sites is 1. The minimum Gasteiger partial charge on any atom is -0.456 e. The fourth-order valence-electron chi connectivity index (χ4n) is 7.47. The fraction of sp³-hybridized carbons (Fsp3) is 0. The highest BCUT2D eigenvalue weighted by Crippen LogP contribution is 2.39. The van der Waals surface area contributed by atoms with Crippen LogP contribution in [0, 0.1) is 0 Å². The highest BCUT2D eigenvalue weighted by atomic mass is 16.3. The van der Waals surface area contributed by atoms with Crippen molar-refractivity contribution in [2.75, 3.05) is 0 Å². The number of furan rings is 1. The third-order valence-electron chi connectivity index (χ3n) is 10.1. The number of benzene rings is 8. The van der Waals surface area contributed by atoms with Crippen molar-refractivity contribution in [2.45, 2.75) is 0 Å². The van der Waals surface area contributed by atoms with Crippen LogP contribution in [0.2, 0.25) is 0 Å². The van der Waals surface area contributed by atoms with Crippen molar-refractivity contribution in [1.29, 1.82) is 0 Å². The predicted octanol–water partition coefficient (Wildman–Crippen LogP) is 13.4. The molecule has 0 bridgehead atoms. The first-order chi connectivity index (χ1) is 27.2. The average molecular weight is 704 g/mol. The molecule has 0 saturated heterocycles. The maximum atomic E-state index is 6.20. The van der Waals surface area contributed by atoms with Gasteiger partial charge < -0.3 is 4.42 Å². The van der Waals surface area contributed by atoms with Gasteiger partial charge in [-0.05, 0) is 80.9 Å². The molecule has 0 amide bonds. The van der Waals surface area contributed by atoms with Crippen molar-refractivity contribution in [1.82, 2.24) is 15.0 Å². The lowest BCUT2D eigenvalue weighted by Gasteiger charge is -2.15. The average Bonchev–Trinajstić information content (AvgIpc) is 3.65. The summed E-state index contributed by atoms with van der Waals surface area (Å²) in [5.41, 5.74) is 13.1. The van der Waals surface area contributed by atoms with E-state index in [9.17, 15) is 0 Å². The van der Waals surface area contributed by atoms with Gasteiger partial charge in [-0.3, -0.25) is 0 Å². The van der Waals surface area contributed by atoms with Crippen molar-refractivity contribution in [3.05, 3.63) is 200 Å². The van der Waals surface area contributed by atoms with E-state index in [2.05, 4.69) is 158 Å². The quantitative estimate of drug-likeness (QED) is 0.166. The zero-order chi connectivity index (χ0) is 36.6. The van der Waals surface area contributed by atoms with Gasteiger partial charge in [0.1, 0.15) is 11.2 Å². The SMILES string of the molecule is c1ccc(-c2cc(-c3ccc4oc5ccccc5c4c3)cc(-c3nc(-c4ccccc4-c4ccccc4)nc(-c4ccccc4-c4ccccc4)n3)c2)cc1. The van der Waals surface area contributed by atoms with E-state index >= 15 is 0 Å². The van der Waals surface area contributed by atoms with Gasteiger partial charge in [-0.2, -0.15) is 0 Å². The Balaban J connectivity index is 1.22. The molecule has 0 atom stereocenters. The van der Waals surface area contributed by atoms with E-state index < -0.39 is 0 Å². The largest absolute Gasteiger partial charge is 0.456 e. The van der Waals surface area contributed by atoms with Crippen LogP contribution >= 0.6 is 0 Å². The van der Waals surface area contributed by atoms with Crippen LogP contribution in [-0.4, -0.2) is 15.0 Å². The van der Waals surface area contributed by atoms with E-state index in [1.54, 1.807) is 0 Å². The Kier molecular flexibility index (Phi) is 8.12. The molecule has 2 heterocycles. The Bertz CT molecular complexity index is 2870. The molecule has 4 nitrogen and oxygen atoms in total. The first-order valence-electron chi connectivity index (χ1n) is 18.4. The van der Waals surface area contributed by atoms with Gasteiger partial charge in [0.25, 0.3) is 0 Å². The molecule has 0 aliphatic rings. The molecular weight excluding hydrogens is 671 g/mol. The van der Waals surface area contributed by atoms with E-state index in [1.807, 2.05) is 42.5 Å². The molecule has 0 aliphatic carbocycles. The second kappa shape index (κ2) is 13.8. The Morgan fingerprint density at radius 3 is 1.29 bits per heavy atom. The molecule has 0 saturated carbocycles. The summed E-state index contributed by atoms with van der Waals surface area (Å²) < 4.78 is 6.20. The van der Waals surface area contributed by atoms with Gasteiger partial charge in [-0.15, -0.1) is 0 Å². The van der Waals surface area contributed by atoms with Crippen LogP contribution in [0.5, 0.6) is 0 Å². The first kappa shape index (κ1) is 32.2. The third kappa shape index (κ3) is 6.16. The van der Waals surface area contributed by atoms with E-state index in [-0.39, 0.29) is 0 Å². The van der Waals surface area contributed by atoms with Gasteiger partial charge in [0.05, 0.1) is 0 Å². The Morgan fingerprint density at radius 2 is 0.691 bits per heavy atom. The zero-order valence-corrected chi connectivity index (χ0v) is 29.8. The van der Waals surface area contributed by atoms with Crippen molar-refractivity contribution < 1.29 is 4.42 Å². The van der Waals surface area contributed by atoms with E-state index in [4.69, 9.17) is 19.4 Å². The van der Waals surface area contributed by atoms with E-state index in [1.165, 1.54) is 0 Å². The third-order valence-corrected chi connectivity index (χ3v) is 10.1. The summed E-state index contributed by atoms with van der Waals surface area (Å²) >= 11 is 0. The van der Waals surface area contributed by atoms with Crippen LogP contribution in [-0.2, 0) is 0 Å². The topological polar surface area (TPSA) is 51.8 Å². The summed E-state index contributed by atoms with van der Waals surface area (Å²) in [6, 6.07) is 69.3. The first-order valence-corrected chi connectivity index (χ1v) is 18.4. The molecular formula is C51H33N3O. The molecule has 10 aromatic rings. The molecule has 10 rings (SSSR count). The van der Waals surface area contributed by atoms with Crippen LogP contribution in [0.4, 0.5) is 0 Å². The Hall–Kier alpha value is -7.43. The van der Waals surface area contributed by atoms with Gasteiger partial charge in [0.2, 0.25) is 0 Å². The maximum Gasteiger partial charge on any atom is 0.164 e. The van der Waals surface area contributed by atoms with Crippen molar-refractivity contribution in [3.8, 4) is 78.7 Å². The fourth-order valence-corrected chi connectivity index (χ4v) is 7.47. The van der Waals surface area contributed by atoms with E-state index in [0.29, 0.717) is 17.5 Å². The summed E-state index contributed by atoms with van der Waals surface area (Å²) in [6.45, 7) is 0. The number of hydrogen-bond acceptors (Lipinski definition) is 4. The number of fused-ring (bicyclic) bond motifs is 3. The van der Waals surface area contributed by atoms with Crippen LogP contribution in [0.15, 0.2) is 205 Å². The Labute approximate surface area is 319 Å². The second-order valence-corrected chi connectivity index (χ2v) is 13.6. The standard InChI is InChI=1S/C51H33N3O/c1-4-16-34(17-5-1)38-30-39(37-28-29-48-46(33-37)43-24-14-15-27-47(43)55-48)32-40(31-38)49-52-50(44-25-12-10-22-41(44)35-18-6-2-7-19-35)54-51(53-49)45-26-13-11-23-42(45)36-20-8-3-9-21-36/h1-33H. The molecule has 0 spiro atoms. The molecule has 2 aromatic heterocycles. The lowest BCUT2D eigenvalue weighted by Crippen LogP contribution is -2.02. The predicted molar refractivity (Wildman–Crippen MR) is 225 cm³/mol. The number of aromatic nitrogens is 3. The van der Waals surface area contributed by atoms with E-state index in [0.717, 1.165) is 83.1 Å². The molecule has 0 fully saturated rings. The van der Waals surface area contributed by atoms with Crippen molar-refractivity contribution >= 4 is 21.9 Å². The second-order valence-electron chi connectivity index (χ2n) is 13.6. The lowest BCUT2D eigenvalue weighted by atomic mass is 9.94. The smallest absolute Gasteiger partial charge is 0.164 e. The highest BCUT2D eigenvalue weighted by molar-refractivity contribution is 6.06. The highest BCUT2D eigenvalue weighted by Gasteiger charge is 2.19. The van der Waals surface area contributed by atoms with Gasteiger partial charge in [-0.1, -0.05) is 164 Å². The van der Waals surface area contributed by atoms with Gasteiger partial charge in [0, 0.05) is 27.5 Å². The molecule has 258 valence electrons. The van der Waals surface area contributed by atoms with Crippen LogP contribution < -0.4 is 0 Å². The molecule has 8 aromatic carbocycles. The zero-order valence-electron chi connectivity index (χ0n) is 29.8. The molecule has 55 heavy (non-hydrogen) atoms. The summed E-state index contributed by atoms with van der Waals surface area (Å²) in [7, 11) is 0. The number of nitrogens with zero attached hydrogens (tertiary/aromatic N) is 3. The maximum absolute atomic E-state index is 6.20. The molecule has 0 N–H and O–H groups in total. The van der Waals surface area contributed by atoms with Crippen molar-refractivity contribution in [3.63, 3.8) is 0 Å². The molecule has 0 aliphatic heterocycles. The Morgan fingerprint density at radius 1 is 0.255 bits per heavy atom. The molecule has 4 heteroatoms.